The Morgan fingerprint density at radius 2 is 1.57 bits per heavy atom. The maximum Gasteiger partial charge on any atom is 0.180 e. The number of benzene rings is 1. The molecule has 3 nitrogen and oxygen atoms in total. The van der Waals surface area contributed by atoms with E-state index < -0.39 is 15.1 Å². The van der Waals surface area contributed by atoms with Crippen LogP contribution in [0.1, 0.15) is 65.7 Å². The summed E-state index contributed by atoms with van der Waals surface area (Å²) in [5.74, 6) is 0. The first-order chi connectivity index (χ1) is 10.9. The number of unbranched alkanes of at least 4 members (excludes halogenated alkanes) is 2. The van der Waals surface area contributed by atoms with Gasteiger partial charge >= 0.3 is 0 Å². The summed E-state index contributed by atoms with van der Waals surface area (Å²) in [6.45, 7) is 6.12. The average Bonchev–Trinajstić information content (AvgIpc) is 2.58. The highest BCUT2D eigenvalue weighted by molar-refractivity contribution is 7.92. The summed E-state index contributed by atoms with van der Waals surface area (Å²) in [5, 5.41) is 9.54. The van der Waals surface area contributed by atoms with Crippen molar-refractivity contribution >= 4 is 9.84 Å². The molecular weight excluding hydrogens is 308 g/mol. The predicted octanol–water partition coefficient (Wildman–Crippen LogP) is 4.60. The minimum atomic E-state index is -3.34. The summed E-state index contributed by atoms with van der Waals surface area (Å²) in [6.07, 6.45) is 6.51. The molecule has 0 spiro atoms. The van der Waals surface area contributed by atoms with Crippen molar-refractivity contribution in [1.82, 2.24) is 0 Å². The summed E-state index contributed by atoms with van der Waals surface area (Å²) in [4.78, 5) is 0.380. The van der Waals surface area contributed by atoms with Gasteiger partial charge in [0.1, 0.15) is 0 Å². The standard InChI is InChI=1S/C19H32O3S/c1-4-6-13-19(16-20,14-7-5-2)15-17(3)23(21,22)18-11-9-8-10-12-18/h8-12,17,20H,4-7,13-16H2,1-3H3. The van der Waals surface area contributed by atoms with E-state index in [1.165, 1.54) is 0 Å². The lowest BCUT2D eigenvalue weighted by molar-refractivity contribution is 0.0898. The smallest absolute Gasteiger partial charge is 0.180 e. The molecule has 0 aromatic heterocycles. The molecule has 132 valence electrons. The zero-order valence-electron chi connectivity index (χ0n) is 14.8. The second-order valence-corrected chi connectivity index (χ2v) is 9.10. The van der Waals surface area contributed by atoms with Crippen LogP contribution in [0.15, 0.2) is 35.2 Å². The van der Waals surface area contributed by atoms with Crippen molar-refractivity contribution in [2.45, 2.75) is 75.9 Å². The maximum absolute atomic E-state index is 12.8. The fourth-order valence-electron chi connectivity index (χ4n) is 3.22. The molecule has 0 bridgehead atoms. The zero-order chi connectivity index (χ0) is 17.3. The van der Waals surface area contributed by atoms with E-state index in [0.717, 1.165) is 38.5 Å². The summed E-state index contributed by atoms with van der Waals surface area (Å²) >= 11 is 0. The quantitative estimate of drug-likeness (QED) is 0.640. The summed E-state index contributed by atoms with van der Waals surface area (Å²) in [7, 11) is -3.34. The molecule has 1 aromatic rings. The molecule has 0 aliphatic carbocycles. The summed E-state index contributed by atoms with van der Waals surface area (Å²) in [6, 6.07) is 8.65. The van der Waals surface area contributed by atoms with Crippen LogP contribution in [-0.4, -0.2) is 25.4 Å². The lowest BCUT2D eigenvalue weighted by Crippen LogP contribution is -2.33. The van der Waals surface area contributed by atoms with Crippen molar-refractivity contribution in [3.63, 3.8) is 0 Å². The Kier molecular flexibility index (Phi) is 8.27. The summed E-state index contributed by atoms with van der Waals surface area (Å²) in [5.41, 5.74) is -0.271. The molecule has 0 amide bonds. The molecule has 0 fully saturated rings. The van der Waals surface area contributed by atoms with Gasteiger partial charge in [-0.25, -0.2) is 8.42 Å². The van der Waals surface area contributed by atoms with E-state index in [9.17, 15) is 13.5 Å². The first kappa shape index (κ1) is 20.2. The normalized spacial score (nSPS) is 13.9. The average molecular weight is 341 g/mol. The number of sulfone groups is 1. The lowest BCUT2D eigenvalue weighted by atomic mass is 9.75. The van der Waals surface area contributed by atoms with Crippen molar-refractivity contribution in [2.24, 2.45) is 5.41 Å². The molecule has 1 N–H and O–H groups in total. The van der Waals surface area contributed by atoms with Crippen LogP contribution < -0.4 is 0 Å². The van der Waals surface area contributed by atoms with Crippen LogP contribution in [0.3, 0.4) is 0 Å². The van der Waals surface area contributed by atoms with E-state index in [1.54, 1.807) is 31.2 Å². The zero-order valence-corrected chi connectivity index (χ0v) is 15.6. The number of aliphatic hydroxyl groups is 1. The molecule has 0 aliphatic heterocycles. The van der Waals surface area contributed by atoms with Crippen LogP contribution in [0.2, 0.25) is 0 Å². The van der Waals surface area contributed by atoms with Crippen LogP contribution in [0, 0.1) is 5.41 Å². The molecule has 0 radical (unpaired) electrons. The molecule has 0 aliphatic rings. The van der Waals surface area contributed by atoms with Crippen molar-refractivity contribution in [2.75, 3.05) is 6.61 Å². The van der Waals surface area contributed by atoms with Crippen molar-refractivity contribution in [1.29, 1.82) is 0 Å². The number of hydrogen-bond donors (Lipinski definition) is 1. The molecule has 1 unspecified atom stereocenters. The van der Waals surface area contributed by atoms with Crippen molar-refractivity contribution < 1.29 is 13.5 Å². The fourth-order valence-corrected chi connectivity index (χ4v) is 4.79. The Bertz CT molecular complexity index is 529. The molecule has 1 rings (SSSR count). The third-order valence-corrected chi connectivity index (χ3v) is 6.93. The van der Waals surface area contributed by atoms with E-state index >= 15 is 0 Å². The highest BCUT2D eigenvalue weighted by Gasteiger charge is 2.35. The van der Waals surface area contributed by atoms with Crippen LogP contribution in [-0.2, 0) is 9.84 Å². The molecule has 0 heterocycles. The molecule has 1 aromatic carbocycles. The first-order valence-corrected chi connectivity index (χ1v) is 10.4. The molecule has 23 heavy (non-hydrogen) atoms. The van der Waals surface area contributed by atoms with E-state index in [1.807, 2.05) is 6.07 Å². The van der Waals surface area contributed by atoms with E-state index in [4.69, 9.17) is 0 Å². The van der Waals surface area contributed by atoms with E-state index in [0.29, 0.717) is 11.3 Å². The van der Waals surface area contributed by atoms with Gasteiger partial charge in [0.25, 0.3) is 0 Å². The molecule has 0 saturated heterocycles. The van der Waals surface area contributed by atoms with Gasteiger partial charge in [-0.2, -0.15) is 0 Å². The Morgan fingerprint density at radius 3 is 2.00 bits per heavy atom. The largest absolute Gasteiger partial charge is 0.396 e. The first-order valence-electron chi connectivity index (χ1n) is 8.81. The molecule has 4 heteroatoms. The van der Waals surface area contributed by atoms with Crippen LogP contribution in [0.25, 0.3) is 0 Å². The summed E-state index contributed by atoms with van der Waals surface area (Å²) < 4.78 is 25.6. The topological polar surface area (TPSA) is 54.4 Å². The highest BCUT2D eigenvalue weighted by atomic mass is 32.2. The van der Waals surface area contributed by atoms with Crippen LogP contribution in [0.5, 0.6) is 0 Å². The van der Waals surface area contributed by atoms with E-state index in [-0.39, 0.29) is 12.0 Å². The maximum atomic E-state index is 12.8. The molecular formula is C19H32O3S. The van der Waals surface area contributed by atoms with E-state index in [2.05, 4.69) is 13.8 Å². The van der Waals surface area contributed by atoms with Crippen molar-refractivity contribution in [3.05, 3.63) is 30.3 Å². The Labute approximate surface area is 142 Å². The van der Waals surface area contributed by atoms with Gasteiger partial charge < -0.3 is 5.11 Å². The van der Waals surface area contributed by atoms with Gasteiger partial charge in [0.2, 0.25) is 0 Å². The Balaban J connectivity index is 2.96. The van der Waals surface area contributed by atoms with Gasteiger partial charge in [-0.15, -0.1) is 0 Å². The van der Waals surface area contributed by atoms with Crippen molar-refractivity contribution in [3.8, 4) is 0 Å². The minimum absolute atomic E-state index is 0.0711. The van der Waals surface area contributed by atoms with Gasteiger partial charge in [-0.05, 0) is 43.7 Å². The number of hydrogen-bond acceptors (Lipinski definition) is 3. The van der Waals surface area contributed by atoms with Gasteiger partial charge in [-0.3, -0.25) is 0 Å². The predicted molar refractivity (Wildman–Crippen MR) is 96.3 cm³/mol. The van der Waals surface area contributed by atoms with Gasteiger partial charge in [0, 0.05) is 6.61 Å². The monoisotopic (exact) mass is 340 g/mol. The second-order valence-electron chi connectivity index (χ2n) is 6.74. The minimum Gasteiger partial charge on any atom is -0.396 e. The highest BCUT2D eigenvalue weighted by Crippen LogP contribution is 2.38. The van der Waals surface area contributed by atoms with Crippen LogP contribution >= 0.6 is 0 Å². The molecule has 1 atom stereocenters. The van der Waals surface area contributed by atoms with Gasteiger partial charge in [-0.1, -0.05) is 57.7 Å². The fraction of sp³-hybridized carbons (Fsp3) is 0.684. The van der Waals surface area contributed by atoms with Gasteiger partial charge in [0.15, 0.2) is 9.84 Å². The lowest BCUT2D eigenvalue weighted by Gasteiger charge is -2.34. The Morgan fingerprint density at radius 1 is 1.04 bits per heavy atom. The second kappa shape index (κ2) is 9.43. The third-order valence-electron chi connectivity index (χ3n) is 4.78. The van der Waals surface area contributed by atoms with Gasteiger partial charge in [0.05, 0.1) is 10.1 Å². The number of aliphatic hydroxyl groups excluding tert-OH is 1. The van der Waals surface area contributed by atoms with Crippen LogP contribution in [0.4, 0.5) is 0 Å². The third kappa shape index (κ3) is 5.61. The Hall–Kier alpha value is -0.870. The SMILES string of the molecule is CCCCC(CO)(CCCC)CC(C)S(=O)(=O)c1ccccc1. The molecule has 0 saturated carbocycles. The number of rotatable bonds is 11.